The third-order valence-electron chi connectivity index (χ3n) is 3.99. The largest absolute Gasteiger partial charge is 0.324 e. The fourth-order valence-electron chi connectivity index (χ4n) is 2.90. The maximum Gasteiger partial charge on any atom is 0.147 e. The van der Waals surface area contributed by atoms with E-state index in [0.29, 0.717) is 0 Å². The number of anilines is 1. The molecule has 0 amide bonds. The molecular formula is C22H27N3. The van der Waals surface area contributed by atoms with Crippen LogP contribution in [0, 0.1) is 6.92 Å². The van der Waals surface area contributed by atoms with Crippen LogP contribution in [0.3, 0.4) is 0 Å². The summed E-state index contributed by atoms with van der Waals surface area (Å²) < 4.78 is 0. The van der Waals surface area contributed by atoms with Crippen LogP contribution >= 0.6 is 0 Å². The zero-order valence-corrected chi connectivity index (χ0v) is 15.3. The van der Waals surface area contributed by atoms with E-state index in [0.717, 1.165) is 23.5 Å². The molecule has 0 aliphatic heterocycles. The first-order valence-corrected chi connectivity index (χ1v) is 8.85. The van der Waals surface area contributed by atoms with Crippen LogP contribution in [-0.2, 0) is 0 Å². The van der Waals surface area contributed by atoms with Crippen LogP contribution in [0.1, 0.15) is 37.7 Å². The van der Waals surface area contributed by atoms with Gasteiger partial charge in [-0.05, 0) is 37.8 Å². The third kappa shape index (κ3) is 4.66. The SMILES string of the molecule is C=NC(c1ccccc1)N(c1cccc(C)n1)C1C=CC=CC1.CC. The molecule has 2 aromatic rings. The number of rotatable bonds is 5. The number of aromatic nitrogens is 1. The number of hydrogen-bond acceptors (Lipinski definition) is 3. The van der Waals surface area contributed by atoms with Crippen molar-refractivity contribution in [2.45, 2.75) is 39.4 Å². The minimum absolute atomic E-state index is 0.161. The maximum atomic E-state index is 4.72. The molecule has 0 bridgehead atoms. The van der Waals surface area contributed by atoms with Crippen molar-refractivity contribution in [3.8, 4) is 0 Å². The van der Waals surface area contributed by atoms with Crippen LogP contribution in [0.15, 0.2) is 77.8 Å². The summed E-state index contributed by atoms with van der Waals surface area (Å²) in [6.07, 6.45) is 9.32. The standard InChI is InChI=1S/C20H21N3.C2H6/c1-16-10-9-15-19(22-16)23(18-13-7-4-8-14-18)20(21-2)17-11-5-3-6-12-17;1-2/h3-13,15,18,20H,2,14H2,1H3;1-2H3. The van der Waals surface area contributed by atoms with Crippen LogP contribution in [-0.4, -0.2) is 17.7 Å². The van der Waals surface area contributed by atoms with Gasteiger partial charge in [-0.25, -0.2) is 4.98 Å². The van der Waals surface area contributed by atoms with Gasteiger partial charge in [0, 0.05) is 5.69 Å². The summed E-state index contributed by atoms with van der Waals surface area (Å²) in [5.41, 5.74) is 2.12. The Labute approximate surface area is 151 Å². The number of pyridine rings is 1. The molecular weight excluding hydrogens is 306 g/mol. The Morgan fingerprint density at radius 3 is 2.44 bits per heavy atom. The van der Waals surface area contributed by atoms with Crippen molar-refractivity contribution >= 4 is 12.5 Å². The smallest absolute Gasteiger partial charge is 0.147 e. The summed E-state index contributed by atoms with van der Waals surface area (Å²) in [4.78, 5) is 11.4. The van der Waals surface area contributed by atoms with Gasteiger partial charge in [0.25, 0.3) is 0 Å². The van der Waals surface area contributed by atoms with E-state index in [1.807, 2.05) is 57.2 Å². The Kier molecular flexibility index (Phi) is 7.15. The van der Waals surface area contributed by atoms with Crippen molar-refractivity contribution in [3.05, 3.63) is 84.1 Å². The zero-order chi connectivity index (χ0) is 18.1. The van der Waals surface area contributed by atoms with Crippen LogP contribution in [0.5, 0.6) is 0 Å². The molecule has 1 aromatic heterocycles. The predicted molar refractivity (Wildman–Crippen MR) is 108 cm³/mol. The summed E-state index contributed by atoms with van der Waals surface area (Å²) >= 11 is 0. The molecule has 2 atom stereocenters. The fourth-order valence-corrected chi connectivity index (χ4v) is 2.90. The van der Waals surface area contributed by atoms with Gasteiger partial charge in [0.1, 0.15) is 12.0 Å². The lowest BCUT2D eigenvalue weighted by Crippen LogP contribution is -2.37. The molecule has 0 radical (unpaired) electrons. The molecule has 0 fully saturated rings. The zero-order valence-electron chi connectivity index (χ0n) is 15.3. The first-order chi connectivity index (χ1) is 12.3. The molecule has 0 saturated heterocycles. The molecule has 1 aliphatic carbocycles. The second-order valence-electron chi connectivity index (χ2n) is 5.63. The lowest BCUT2D eigenvalue weighted by Gasteiger charge is -2.36. The highest BCUT2D eigenvalue weighted by Gasteiger charge is 2.26. The quantitative estimate of drug-likeness (QED) is 0.675. The number of hydrogen-bond donors (Lipinski definition) is 0. The van der Waals surface area contributed by atoms with E-state index in [4.69, 9.17) is 4.98 Å². The Balaban J connectivity index is 0.00000109. The van der Waals surface area contributed by atoms with E-state index in [2.05, 4.69) is 53.0 Å². The summed E-state index contributed by atoms with van der Waals surface area (Å²) in [6.45, 7) is 9.85. The van der Waals surface area contributed by atoms with Crippen molar-refractivity contribution < 1.29 is 0 Å². The second kappa shape index (κ2) is 9.58. The summed E-state index contributed by atoms with van der Waals surface area (Å²) in [7, 11) is 0. The van der Waals surface area contributed by atoms with Crippen LogP contribution < -0.4 is 4.90 Å². The van der Waals surface area contributed by atoms with Crippen molar-refractivity contribution in [1.29, 1.82) is 0 Å². The van der Waals surface area contributed by atoms with Crippen LogP contribution in [0.2, 0.25) is 0 Å². The van der Waals surface area contributed by atoms with Gasteiger partial charge >= 0.3 is 0 Å². The monoisotopic (exact) mass is 333 g/mol. The van der Waals surface area contributed by atoms with Gasteiger partial charge in [0.2, 0.25) is 0 Å². The Morgan fingerprint density at radius 2 is 1.84 bits per heavy atom. The second-order valence-corrected chi connectivity index (χ2v) is 5.63. The Morgan fingerprint density at radius 1 is 1.08 bits per heavy atom. The minimum atomic E-state index is -0.161. The van der Waals surface area contributed by atoms with Crippen LogP contribution in [0.4, 0.5) is 5.82 Å². The maximum absolute atomic E-state index is 4.72. The number of nitrogens with zero attached hydrogens (tertiary/aromatic N) is 3. The lowest BCUT2D eigenvalue weighted by atomic mass is 10.0. The normalized spacial score (nSPS) is 16.5. The molecule has 25 heavy (non-hydrogen) atoms. The van der Waals surface area contributed by atoms with E-state index in [9.17, 15) is 0 Å². The highest BCUT2D eigenvalue weighted by molar-refractivity contribution is 5.48. The molecule has 0 N–H and O–H groups in total. The van der Waals surface area contributed by atoms with Gasteiger partial charge < -0.3 is 4.90 Å². The molecule has 130 valence electrons. The Bertz CT molecular complexity index is 719. The molecule has 2 unspecified atom stereocenters. The average Bonchev–Trinajstić information content (AvgIpc) is 2.69. The van der Waals surface area contributed by atoms with Crippen molar-refractivity contribution in [3.63, 3.8) is 0 Å². The van der Waals surface area contributed by atoms with Gasteiger partial charge in [-0.1, -0.05) is 74.5 Å². The fraction of sp³-hybridized carbons (Fsp3) is 0.273. The van der Waals surface area contributed by atoms with E-state index in [1.54, 1.807) is 0 Å². The van der Waals surface area contributed by atoms with Crippen LogP contribution in [0.25, 0.3) is 0 Å². The van der Waals surface area contributed by atoms with E-state index < -0.39 is 0 Å². The topological polar surface area (TPSA) is 28.5 Å². The van der Waals surface area contributed by atoms with Gasteiger partial charge in [-0.2, -0.15) is 0 Å². The summed E-state index contributed by atoms with van der Waals surface area (Å²) in [5.74, 6) is 0.927. The van der Waals surface area contributed by atoms with Gasteiger partial charge in [0.05, 0.1) is 6.04 Å². The van der Waals surface area contributed by atoms with Gasteiger partial charge in [-0.3, -0.25) is 4.99 Å². The molecule has 0 saturated carbocycles. The predicted octanol–water partition coefficient (Wildman–Crippen LogP) is 5.51. The number of allylic oxidation sites excluding steroid dienone is 2. The minimum Gasteiger partial charge on any atom is -0.324 e. The molecule has 1 aliphatic rings. The van der Waals surface area contributed by atoms with E-state index in [-0.39, 0.29) is 12.2 Å². The number of benzene rings is 1. The third-order valence-corrected chi connectivity index (χ3v) is 3.99. The first kappa shape index (κ1) is 18.7. The molecule has 1 heterocycles. The van der Waals surface area contributed by atoms with Crippen molar-refractivity contribution in [2.24, 2.45) is 4.99 Å². The average molecular weight is 333 g/mol. The molecule has 0 spiro atoms. The van der Waals surface area contributed by atoms with Crippen molar-refractivity contribution in [2.75, 3.05) is 4.90 Å². The summed E-state index contributed by atoms with van der Waals surface area (Å²) in [5, 5.41) is 0. The number of aryl methyl sites for hydroxylation is 1. The lowest BCUT2D eigenvalue weighted by molar-refractivity contribution is 0.580. The molecule has 3 nitrogen and oxygen atoms in total. The molecule has 1 aromatic carbocycles. The molecule has 3 heteroatoms. The Hall–Kier alpha value is -2.68. The summed E-state index contributed by atoms with van der Waals surface area (Å²) in [6, 6.07) is 16.6. The number of aliphatic imine (C=N–C) groups is 1. The van der Waals surface area contributed by atoms with E-state index >= 15 is 0 Å². The highest BCUT2D eigenvalue weighted by Crippen LogP contribution is 2.31. The van der Waals surface area contributed by atoms with Crippen molar-refractivity contribution in [1.82, 2.24) is 4.98 Å². The van der Waals surface area contributed by atoms with E-state index in [1.165, 1.54) is 0 Å². The highest BCUT2D eigenvalue weighted by atomic mass is 15.3. The first-order valence-electron chi connectivity index (χ1n) is 8.85. The van der Waals surface area contributed by atoms with Gasteiger partial charge in [-0.15, -0.1) is 0 Å². The molecule has 3 rings (SSSR count). The van der Waals surface area contributed by atoms with Gasteiger partial charge in [0.15, 0.2) is 0 Å².